The molecule has 0 saturated heterocycles. The average Bonchev–Trinajstić information content (AvgIpc) is 2.51. The van der Waals surface area contributed by atoms with Crippen LogP contribution in [0.15, 0.2) is 36.5 Å². The van der Waals surface area contributed by atoms with Gasteiger partial charge in [-0.15, -0.1) is 0 Å². The van der Waals surface area contributed by atoms with Gasteiger partial charge in [0.25, 0.3) is 5.91 Å². The van der Waals surface area contributed by atoms with Gasteiger partial charge in [-0.1, -0.05) is 24.4 Å². The topological polar surface area (TPSA) is 65.2 Å². The smallest absolute Gasteiger partial charge is 0.257 e. The van der Waals surface area contributed by atoms with Crippen LogP contribution in [0.25, 0.3) is 0 Å². The SMILES string of the molecule is Cc1cccc(NC(=O)CN(C)C(=O)c2ccc[nH]c2=S)c1C. The molecule has 6 heteroatoms. The van der Waals surface area contributed by atoms with Crippen LogP contribution in [0.3, 0.4) is 0 Å². The van der Waals surface area contributed by atoms with Crippen LogP contribution in [0.4, 0.5) is 5.69 Å². The van der Waals surface area contributed by atoms with Gasteiger partial charge in [0.1, 0.15) is 4.64 Å². The Labute approximate surface area is 140 Å². The molecule has 2 N–H and O–H groups in total. The first-order valence-electron chi connectivity index (χ1n) is 7.19. The number of amides is 2. The Bertz CT molecular complexity index is 798. The van der Waals surface area contributed by atoms with Crippen molar-refractivity contribution in [3.63, 3.8) is 0 Å². The summed E-state index contributed by atoms with van der Waals surface area (Å²) in [5.74, 6) is -0.539. The minimum absolute atomic E-state index is 0.0458. The molecule has 0 spiro atoms. The number of aromatic amines is 1. The van der Waals surface area contributed by atoms with Crippen molar-refractivity contribution < 1.29 is 9.59 Å². The second-order valence-corrected chi connectivity index (χ2v) is 5.78. The molecule has 0 unspecified atom stereocenters. The summed E-state index contributed by atoms with van der Waals surface area (Å²) in [6.45, 7) is 3.89. The van der Waals surface area contributed by atoms with Crippen LogP contribution in [0.1, 0.15) is 21.5 Å². The molecule has 0 radical (unpaired) electrons. The van der Waals surface area contributed by atoms with Crippen LogP contribution in [-0.4, -0.2) is 35.3 Å². The maximum Gasteiger partial charge on any atom is 0.257 e. The summed E-state index contributed by atoms with van der Waals surface area (Å²) in [6.07, 6.45) is 1.66. The van der Waals surface area contributed by atoms with E-state index < -0.39 is 0 Å². The van der Waals surface area contributed by atoms with Crippen molar-refractivity contribution in [3.8, 4) is 0 Å². The van der Waals surface area contributed by atoms with E-state index in [0.717, 1.165) is 16.8 Å². The van der Waals surface area contributed by atoms with Gasteiger partial charge in [-0.05, 0) is 43.2 Å². The summed E-state index contributed by atoms with van der Waals surface area (Å²) in [4.78, 5) is 28.7. The molecule has 5 nitrogen and oxygen atoms in total. The fourth-order valence-electron chi connectivity index (χ4n) is 2.16. The number of pyridine rings is 1. The number of rotatable bonds is 4. The lowest BCUT2D eigenvalue weighted by atomic mass is 10.1. The van der Waals surface area contributed by atoms with E-state index >= 15 is 0 Å². The van der Waals surface area contributed by atoms with E-state index in [1.807, 2.05) is 32.0 Å². The van der Waals surface area contributed by atoms with Crippen molar-refractivity contribution in [3.05, 3.63) is 57.9 Å². The molecule has 0 bridgehead atoms. The first-order chi connectivity index (χ1) is 10.9. The van der Waals surface area contributed by atoms with Gasteiger partial charge in [0, 0.05) is 18.9 Å². The molecule has 0 atom stereocenters. The maximum absolute atomic E-state index is 12.3. The van der Waals surface area contributed by atoms with Crippen molar-refractivity contribution >= 4 is 29.7 Å². The number of hydrogen-bond acceptors (Lipinski definition) is 3. The number of aromatic nitrogens is 1. The van der Waals surface area contributed by atoms with Gasteiger partial charge in [0.05, 0.1) is 12.1 Å². The molecular weight excluding hydrogens is 310 g/mol. The second-order valence-electron chi connectivity index (χ2n) is 5.37. The zero-order valence-electron chi connectivity index (χ0n) is 13.3. The molecule has 1 heterocycles. The van der Waals surface area contributed by atoms with Gasteiger partial charge in [0.15, 0.2) is 0 Å². The number of anilines is 1. The molecule has 2 rings (SSSR count). The van der Waals surface area contributed by atoms with Crippen molar-refractivity contribution in [1.82, 2.24) is 9.88 Å². The first-order valence-corrected chi connectivity index (χ1v) is 7.60. The lowest BCUT2D eigenvalue weighted by Gasteiger charge is -2.17. The quantitative estimate of drug-likeness (QED) is 0.847. The van der Waals surface area contributed by atoms with Gasteiger partial charge in [-0.2, -0.15) is 0 Å². The Morgan fingerprint density at radius 2 is 1.96 bits per heavy atom. The Morgan fingerprint density at radius 3 is 2.65 bits per heavy atom. The van der Waals surface area contributed by atoms with E-state index in [0.29, 0.717) is 10.2 Å². The molecule has 0 aliphatic carbocycles. The van der Waals surface area contributed by atoms with Crippen LogP contribution < -0.4 is 5.32 Å². The normalized spacial score (nSPS) is 10.2. The van der Waals surface area contributed by atoms with E-state index in [1.165, 1.54) is 4.90 Å². The van der Waals surface area contributed by atoms with E-state index in [9.17, 15) is 9.59 Å². The van der Waals surface area contributed by atoms with E-state index in [1.54, 1.807) is 25.4 Å². The molecule has 0 saturated carbocycles. The number of aryl methyl sites for hydroxylation is 1. The highest BCUT2D eigenvalue weighted by Crippen LogP contribution is 2.17. The number of benzene rings is 1. The van der Waals surface area contributed by atoms with E-state index in [4.69, 9.17) is 12.2 Å². The van der Waals surface area contributed by atoms with E-state index in [2.05, 4.69) is 10.3 Å². The predicted molar refractivity (Wildman–Crippen MR) is 93.1 cm³/mol. The summed E-state index contributed by atoms with van der Waals surface area (Å²) in [5, 5.41) is 2.84. The van der Waals surface area contributed by atoms with Gasteiger partial charge < -0.3 is 15.2 Å². The van der Waals surface area contributed by atoms with Crippen LogP contribution >= 0.6 is 12.2 Å². The third kappa shape index (κ3) is 4.04. The number of nitrogens with one attached hydrogen (secondary N) is 2. The zero-order valence-corrected chi connectivity index (χ0v) is 14.2. The number of likely N-dealkylation sites (N-methyl/N-ethyl adjacent to an activating group) is 1. The summed E-state index contributed by atoms with van der Waals surface area (Å²) < 4.78 is 0.360. The number of carbonyl (C=O) groups is 2. The molecule has 0 aliphatic rings. The lowest BCUT2D eigenvalue weighted by Crippen LogP contribution is -2.35. The molecule has 2 amide bonds. The third-order valence-corrected chi connectivity index (χ3v) is 3.99. The number of nitrogens with zero attached hydrogens (tertiary/aromatic N) is 1. The molecular formula is C17H19N3O2S. The molecule has 0 fully saturated rings. The van der Waals surface area contributed by atoms with Crippen molar-refractivity contribution in [1.29, 1.82) is 0 Å². The minimum Gasteiger partial charge on any atom is -0.352 e. The molecule has 120 valence electrons. The summed E-state index contributed by atoms with van der Waals surface area (Å²) in [5.41, 5.74) is 3.25. The number of hydrogen-bond donors (Lipinski definition) is 2. The lowest BCUT2D eigenvalue weighted by molar-refractivity contribution is -0.116. The summed E-state index contributed by atoms with van der Waals surface area (Å²) in [7, 11) is 1.58. The Balaban J connectivity index is 2.05. The second kappa shape index (κ2) is 7.19. The standard InChI is InChI=1S/C17H19N3O2S/c1-11-6-4-8-14(12(11)2)19-15(21)10-20(3)17(22)13-7-5-9-18-16(13)23/h4-9H,10H2,1-3H3,(H,18,23)(H,19,21). The number of H-pyrrole nitrogens is 1. The van der Waals surface area contributed by atoms with Crippen molar-refractivity contribution in [2.24, 2.45) is 0 Å². The number of carbonyl (C=O) groups excluding carboxylic acids is 2. The fourth-order valence-corrected chi connectivity index (χ4v) is 2.38. The highest BCUT2D eigenvalue weighted by Gasteiger charge is 2.16. The van der Waals surface area contributed by atoms with Gasteiger partial charge in [-0.25, -0.2) is 0 Å². The fraction of sp³-hybridized carbons (Fsp3) is 0.235. The van der Waals surface area contributed by atoms with E-state index in [-0.39, 0.29) is 18.4 Å². The Kier molecular flexibility index (Phi) is 5.28. The molecule has 23 heavy (non-hydrogen) atoms. The molecule has 0 aliphatic heterocycles. The van der Waals surface area contributed by atoms with Gasteiger partial charge >= 0.3 is 0 Å². The van der Waals surface area contributed by atoms with Crippen LogP contribution in [0.2, 0.25) is 0 Å². The highest BCUT2D eigenvalue weighted by atomic mass is 32.1. The minimum atomic E-state index is -0.289. The highest BCUT2D eigenvalue weighted by molar-refractivity contribution is 7.71. The predicted octanol–water partition coefficient (Wildman–Crippen LogP) is 3.07. The zero-order chi connectivity index (χ0) is 17.0. The summed E-state index contributed by atoms with van der Waals surface area (Å²) >= 11 is 5.09. The Morgan fingerprint density at radius 1 is 1.22 bits per heavy atom. The molecule has 2 aromatic rings. The summed E-state index contributed by atoms with van der Waals surface area (Å²) in [6, 6.07) is 9.05. The maximum atomic E-state index is 12.3. The van der Waals surface area contributed by atoms with Crippen molar-refractivity contribution in [2.45, 2.75) is 13.8 Å². The third-order valence-electron chi connectivity index (χ3n) is 3.65. The van der Waals surface area contributed by atoms with Gasteiger partial charge in [0.2, 0.25) is 5.91 Å². The largest absolute Gasteiger partial charge is 0.352 e. The van der Waals surface area contributed by atoms with Crippen LogP contribution in [-0.2, 0) is 4.79 Å². The molecule has 1 aromatic carbocycles. The Hall–Kier alpha value is -2.47. The first kappa shape index (κ1) is 16.9. The van der Waals surface area contributed by atoms with Crippen LogP contribution in [0, 0.1) is 18.5 Å². The van der Waals surface area contributed by atoms with Gasteiger partial charge in [-0.3, -0.25) is 9.59 Å². The van der Waals surface area contributed by atoms with Crippen molar-refractivity contribution in [2.75, 3.05) is 18.9 Å². The van der Waals surface area contributed by atoms with Crippen LogP contribution in [0.5, 0.6) is 0 Å². The monoisotopic (exact) mass is 329 g/mol. The average molecular weight is 329 g/mol. The molecule has 1 aromatic heterocycles.